The Labute approximate surface area is 180 Å². The number of esters is 1. The third-order valence-corrected chi connectivity index (χ3v) is 7.30. The smallest absolute Gasteiger partial charge is 0.338 e. The van der Waals surface area contributed by atoms with Crippen LogP contribution >= 0.6 is 0 Å². The summed E-state index contributed by atoms with van der Waals surface area (Å²) >= 11 is 0. The molecule has 2 aromatic carbocycles. The average Bonchev–Trinajstić information content (AvgIpc) is 3.29. The van der Waals surface area contributed by atoms with Crippen LogP contribution in [0.2, 0.25) is 0 Å². The fourth-order valence-electron chi connectivity index (χ4n) is 3.83. The first-order valence-electron chi connectivity index (χ1n) is 9.93. The lowest BCUT2D eigenvalue weighted by Gasteiger charge is -2.23. The molecule has 0 radical (unpaired) electrons. The van der Waals surface area contributed by atoms with E-state index in [0.717, 1.165) is 17.0 Å². The molecule has 1 aromatic heterocycles. The number of imidazole rings is 1. The monoisotopic (exact) mass is 441 g/mol. The van der Waals surface area contributed by atoms with Gasteiger partial charge in [0.2, 0.25) is 0 Å². The molecule has 0 spiro atoms. The number of nitrogens with zero attached hydrogens (tertiary/aromatic N) is 3. The predicted octanol–water partition coefficient (Wildman–Crippen LogP) is 2.14. The van der Waals surface area contributed by atoms with Crippen molar-refractivity contribution in [2.24, 2.45) is 0 Å². The van der Waals surface area contributed by atoms with E-state index in [-0.39, 0.29) is 17.5 Å². The summed E-state index contributed by atoms with van der Waals surface area (Å²) in [5, 5.41) is 0. The van der Waals surface area contributed by atoms with Crippen LogP contribution in [0.1, 0.15) is 22.6 Å². The molecule has 1 amide bonds. The molecular formula is C22H23N3O5S. The zero-order chi connectivity index (χ0) is 22.2. The maximum Gasteiger partial charge on any atom is 0.338 e. The van der Waals surface area contributed by atoms with Crippen LogP contribution in [0.5, 0.6) is 0 Å². The molecule has 8 nitrogen and oxygen atoms in total. The Bertz CT molecular complexity index is 1250. The van der Waals surface area contributed by atoms with E-state index in [0.29, 0.717) is 17.5 Å². The maximum atomic E-state index is 12.5. The summed E-state index contributed by atoms with van der Waals surface area (Å²) in [6.07, 6.45) is 0.401. The van der Waals surface area contributed by atoms with Crippen molar-refractivity contribution >= 4 is 32.7 Å². The van der Waals surface area contributed by atoms with E-state index in [1.54, 1.807) is 18.2 Å². The van der Waals surface area contributed by atoms with Crippen LogP contribution in [0.25, 0.3) is 16.7 Å². The van der Waals surface area contributed by atoms with Crippen LogP contribution in [-0.4, -0.2) is 65.9 Å². The van der Waals surface area contributed by atoms with Gasteiger partial charge >= 0.3 is 5.97 Å². The van der Waals surface area contributed by atoms with Gasteiger partial charge in [-0.25, -0.2) is 18.2 Å². The number of rotatable bonds is 5. The highest BCUT2D eigenvalue weighted by atomic mass is 32.2. The fourth-order valence-corrected chi connectivity index (χ4v) is 5.60. The number of carbonyl (C=O) groups is 2. The van der Waals surface area contributed by atoms with Gasteiger partial charge in [-0.1, -0.05) is 18.2 Å². The van der Waals surface area contributed by atoms with E-state index in [2.05, 4.69) is 4.98 Å². The molecule has 1 aliphatic rings. The minimum absolute atomic E-state index is 0.0523. The van der Waals surface area contributed by atoms with E-state index < -0.39 is 28.3 Å². The van der Waals surface area contributed by atoms with E-state index >= 15 is 0 Å². The summed E-state index contributed by atoms with van der Waals surface area (Å²) in [6.45, 7) is 1.45. The van der Waals surface area contributed by atoms with Crippen molar-refractivity contribution in [2.45, 2.75) is 19.4 Å². The van der Waals surface area contributed by atoms with Gasteiger partial charge in [0.15, 0.2) is 16.4 Å². The minimum atomic E-state index is -3.10. The highest BCUT2D eigenvalue weighted by Crippen LogP contribution is 2.23. The van der Waals surface area contributed by atoms with Gasteiger partial charge in [0, 0.05) is 18.8 Å². The summed E-state index contributed by atoms with van der Waals surface area (Å²) in [7, 11) is -1.57. The number of hydrogen-bond acceptors (Lipinski definition) is 6. The Morgan fingerprint density at radius 3 is 2.61 bits per heavy atom. The fraction of sp³-hybridized carbons (Fsp3) is 0.318. The van der Waals surface area contributed by atoms with E-state index in [1.165, 1.54) is 11.9 Å². The zero-order valence-corrected chi connectivity index (χ0v) is 18.1. The number of likely N-dealkylation sites (N-methyl/N-ethyl adjacent to an activating group) is 1. The Kier molecular flexibility index (Phi) is 5.53. The molecule has 0 saturated carbocycles. The van der Waals surface area contributed by atoms with Crippen molar-refractivity contribution in [3.05, 3.63) is 59.9 Å². The molecule has 1 aliphatic heterocycles. The van der Waals surface area contributed by atoms with Crippen LogP contribution in [0, 0.1) is 6.92 Å². The highest BCUT2D eigenvalue weighted by Gasteiger charge is 2.33. The summed E-state index contributed by atoms with van der Waals surface area (Å²) in [6, 6.07) is 14.5. The van der Waals surface area contributed by atoms with Crippen molar-refractivity contribution in [3.63, 3.8) is 0 Å². The molecule has 0 aliphatic carbocycles. The number of sulfone groups is 1. The van der Waals surface area contributed by atoms with E-state index in [9.17, 15) is 18.0 Å². The molecule has 162 valence electrons. The second-order valence-corrected chi connectivity index (χ2v) is 9.90. The van der Waals surface area contributed by atoms with Crippen LogP contribution < -0.4 is 0 Å². The molecule has 9 heteroatoms. The first kappa shape index (κ1) is 21.0. The average molecular weight is 442 g/mol. The normalized spacial score (nSPS) is 17.5. The lowest BCUT2D eigenvalue weighted by Crippen LogP contribution is -2.40. The summed E-state index contributed by atoms with van der Waals surface area (Å²) in [5.41, 5.74) is 2.78. The number of amides is 1. The quantitative estimate of drug-likeness (QED) is 0.563. The maximum absolute atomic E-state index is 12.5. The molecule has 1 fully saturated rings. The largest absolute Gasteiger partial charge is 0.452 e. The number of aromatic nitrogens is 2. The molecule has 4 rings (SSSR count). The van der Waals surface area contributed by atoms with Crippen molar-refractivity contribution in [1.29, 1.82) is 0 Å². The molecule has 2 heterocycles. The number of hydrogen-bond donors (Lipinski definition) is 0. The minimum Gasteiger partial charge on any atom is -0.452 e. The van der Waals surface area contributed by atoms with Gasteiger partial charge in [-0.05, 0) is 43.7 Å². The first-order valence-corrected chi connectivity index (χ1v) is 11.7. The summed E-state index contributed by atoms with van der Waals surface area (Å²) < 4.78 is 30.4. The van der Waals surface area contributed by atoms with Crippen molar-refractivity contribution in [1.82, 2.24) is 14.5 Å². The zero-order valence-electron chi connectivity index (χ0n) is 17.3. The molecule has 0 unspecified atom stereocenters. The number of para-hydroxylation sites is 1. The molecule has 0 bridgehead atoms. The third kappa shape index (κ3) is 4.32. The third-order valence-electron chi connectivity index (χ3n) is 5.55. The van der Waals surface area contributed by atoms with Gasteiger partial charge < -0.3 is 9.64 Å². The van der Waals surface area contributed by atoms with Crippen molar-refractivity contribution in [3.8, 4) is 5.69 Å². The Balaban J connectivity index is 1.45. The van der Waals surface area contributed by atoms with Crippen LogP contribution in [0.15, 0.2) is 48.5 Å². The molecule has 3 aromatic rings. The number of ether oxygens (including phenoxy) is 1. The van der Waals surface area contributed by atoms with Crippen molar-refractivity contribution in [2.75, 3.05) is 25.2 Å². The van der Waals surface area contributed by atoms with E-state index in [1.807, 2.05) is 41.8 Å². The lowest BCUT2D eigenvalue weighted by molar-refractivity contribution is -0.134. The second kappa shape index (κ2) is 8.14. The van der Waals surface area contributed by atoms with Gasteiger partial charge in [-0.15, -0.1) is 0 Å². The van der Waals surface area contributed by atoms with Gasteiger partial charge in [0.1, 0.15) is 5.82 Å². The van der Waals surface area contributed by atoms with Crippen molar-refractivity contribution < 1.29 is 22.7 Å². The van der Waals surface area contributed by atoms with E-state index in [4.69, 9.17) is 4.74 Å². The molecular weight excluding hydrogens is 418 g/mol. The van der Waals surface area contributed by atoms with Gasteiger partial charge in [0.25, 0.3) is 5.91 Å². The van der Waals surface area contributed by atoms with Gasteiger partial charge in [-0.3, -0.25) is 9.36 Å². The molecule has 1 saturated heterocycles. The van der Waals surface area contributed by atoms with Gasteiger partial charge in [0.05, 0.1) is 28.1 Å². The number of carbonyl (C=O) groups excluding carboxylic acids is 2. The molecule has 1 atom stereocenters. The number of fused-ring (bicyclic) bond motifs is 1. The summed E-state index contributed by atoms with van der Waals surface area (Å²) in [4.78, 5) is 30.7. The van der Waals surface area contributed by atoms with Crippen LogP contribution in [0.4, 0.5) is 0 Å². The first-order chi connectivity index (χ1) is 14.7. The summed E-state index contributed by atoms with van der Waals surface area (Å²) in [5.74, 6) is -0.252. The number of benzene rings is 2. The Morgan fingerprint density at radius 1 is 1.19 bits per heavy atom. The Hall–Kier alpha value is -3.20. The standard InChI is InChI=1S/C22H23N3O5S/c1-15-23-19-12-16(8-9-20(19)25(15)17-6-4-3-5-7-17)22(27)30-13-21(26)24(2)18-10-11-31(28,29)14-18/h3-9,12,18H,10-11,13-14H2,1-2H3/t18-/m0/s1. The predicted molar refractivity (Wildman–Crippen MR) is 116 cm³/mol. The highest BCUT2D eigenvalue weighted by molar-refractivity contribution is 7.91. The molecule has 0 N–H and O–H groups in total. The molecule has 31 heavy (non-hydrogen) atoms. The SMILES string of the molecule is Cc1nc2cc(C(=O)OCC(=O)N(C)[C@H]3CCS(=O)(=O)C3)ccc2n1-c1ccccc1. The topological polar surface area (TPSA) is 98.6 Å². The number of aryl methyl sites for hydroxylation is 1. The Morgan fingerprint density at radius 2 is 1.94 bits per heavy atom. The van der Waals surface area contributed by atoms with Crippen LogP contribution in [-0.2, 0) is 19.4 Å². The van der Waals surface area contributed by atoms with Gasteiger partial charge in [-0.2, -0.15) is 0 Å². The van der Waals surface area contributed by atoms with Crippen LogP contribution in [0.3, 0.4) is 0 Å². The second-order valence-electron chi connectivity index (χ2n) is 7.67. The lowest BCUT2D eigenvalue weighted by atomic mass is 10.2.